The quantitative estimate of drug-likeness (QED) is 0.684. The number of nitrogens with one attached hydrogen (secondary N) is 1. The third kappa shape index (κ3) is 4.68. The zero-order valence-corrected chi connectivity index (χ0v) is 10.5. The molecular weight excluding hydrogens is 236 g/mol. The van der Waals surface area contributed by atoms with E-state index >= 15 is 0 Å². The van der Waals surface area contributed by atoms with E-state index in [2.05, 4.69) is 10.3 Å². The lowest BCUT2D eigenvalue weighted by molar-refractivity contribution is -0.118. The van der Waals surface area contributed by atoms with E-state index in [1.807, 2.05) is 0 Å². The van der Waals surface area contributed by atoms with Gasteiger partial charge < -0.3 is 20.3 Å². The number of nitrogens with zero attached hydrogens (tertiary/aromatic N) is 1. The third-order valence-electron chi connectivity index (χ3n) is 2.13. The highest BCUT2D eigenvalue weighted by Crippen LogP contribution is 2.12. The Morgan fingerprint density at radius 2 is 2.22 bits per heavy atom. The number of hydrogen-bond donors (Lipinski definition) is 3. The van der Waals surface area contributed by atoms with E-state index in [1.165, 1.54) is 0 Å². The second-order valence-corrected chi connectivity index (χ2v) is 4.15. The van der Waals surface area contributed by atoms with Crippen molar-refractivity contribution in [3.63, 3.8) is 0 Å². The fraction of sp³-hybridized carbons (Fsp3) is 0.500. The molecule has 0 saturated heterocycles. The van der Waals surface area contributed by atoms with Crippen molar-refractivity contribution >= 4 is 11.7 Å². The molecule has 1 aromatic rings. The van der Waals surface area contributed by atoms with Crippen LogP contribution in [0.4, 0.5) is 5.82 Å². The number of aromatic nitrogens is 1. The normalized spacial score (nSPS) is 12.3. The predicted octanol–water partition coefficient (Wildman–Crippen LogP) is 0.408. The average molecular weight is 254 g/mol. The molecule has 1 atom stereocenters. The first-order chi connectivity index (χ1) is 8.52. The number of hydrogen-bond acceptors (Lipinski definition) is 5. The second kappa shape index (κ2) is 6.93. The van der Waals surface area contributed by atoms with Crippen molar-refractivity contribution in [3.8, 4) is 5.88 Å². The number of amides is 1. The fourth-order valence-corrected chi connectivity index (χ4v) is 1.07. The van der Waals surface area contributed by atoms with Crippen LogP contribution in [-0.4, -0.2) is 40.4 Å². The summed E-state index contributed by atoms with van der Waals surface area (Å²) in [6.07, 6.45) is -0.944. The summed E-state index contributed by atoms with van der Waals surface area (Å²) in [5.74, 6) is 0.413. The second-order valence-electron chi connectivity index (χ2n) is 4.15. The van der Waals surface area contributed by atoms with E-state index in [0.717, 1.165) is 0 Å². The Labute approximate surface area is 106 Å². The van der Waals surface area contributed by atoms with Gasteiger partial charge in [-0.1, -0.05) is 19.9 Å². The SMILES string of the molecule is CC(C)C(=O)Nc1cccc(OC[C@H](O)CO)n1. The van der Waals surface area contributed by atoms with Crippen LogP contribution in [-0.2, 0) is 4.79 Å². The van der Waals surface area contributed by atoms with Crippen LogP contribution in [0.2, 0.25) is 0 Å². The zero-order chi connectivity index (χ0) is 13.5. The van der Waals surface area contributed by atoms with Gasteiger partial charge in [-0.25, -0.2) is 0 Å². The molecule has 1 aromatic heterocycles. The van der Waals surface area contributed by atoms with E-state index in [0.29, 0.717) is 5.82 Å². The lowest BCUT2D eigenvalue weighted by Crippen LogP contribution is -2.22. The molecule has 0 aliphatic rings. The standard InChI is InChI=1S/C12H18N2O4/c1-8(2)12(17)14-10-4-3-5-11(13-10)18-7-9(16)6-15/h3-5,8-9,15-16H,6-7H2,1-2H3,(H,13,14,17)/t9-/m1/s1. The maximum Gasteiger partial charge on any atom is 0.228 e. The Hall–Kier alpha value is -1.66. The molecule has 0 unspecified atom stereocenters. The van der Waals surface area contributed by atoms with Gasteiger partial charge in [-0.3, -0.25) is 4.79 Å². The summed E-state index contributed by atoms with van der Waals surface area (Å²) in [5.41, 5.74) is 0. The van der Waals surface area contributed by atoms with Gasteiger partial charge in [0.1, 0.15) is 18.5 Å². The van der Waals surface area contributed by atoms with Crippen molar-refractivity contribution in [1.29, 1.82) is 0 Å². The first kappa shape index (κ1) is 14.4. The number of anilines is 1. The van der Waals surface area contributed by atoms with E-state index in [1.54, 1.807) is 32.0 Å². The molecule has 0 spiro atoms. The minimum atomic E-state index is -0.944. The van der Waals surface area contributed by atoms with Crippen molar-refractivity contribution in [3.05, 3.63) is 18.2 Å². The Kier molecular flexibility index (Phi) is 5.54. The van der Waals surface area contributed by atoms with Crippen LogP contribution in [0.25, 0.3) is 0 Å². The van der Waals surface area contributed by atoms with Crippen LogP contribution >= 0.6 is 0 Å². The summed E-state index contributed by atoms with van der Waals surface area (Å²) < 4.78 is 5.17. The maximum absolute atomic E-state index is 11.5. The first-order valence-electron chi connectivity index (χ1n) is 5.72. The summed E-state index contributed by atoms with van der Waals surface area (Å²) >= 11 is 0. The van der Waals surface area contributed by atoms with Crippen LogP contribution in [0.1, 0.15) is 13.8 Å². The first-order valence-corrected chi connectivity index (χ1v) is 5.72. The Balaban J connectivity index is 2.59. The van der Waals surface area contributed by atoms with Gasteiger partial charge in [-0.15, -0.1) is 0 Å². The van der Waals surface area contributed by atoms with Crippen LogP contribution in [0, 0.1) is 5.92 Å². The highest BCUT2D eigenvalue weighted by Gasteiger charge is 2.09. The highest BCUT2D eigenvalue weighted by molar-refractivity contribution is 5.91. The van der Waals surface area contributed by atoms with Gasteiger partial charge in [-0.05, 0) is 6.07 Å². The van der Waals surface area contributed by atoms with Gasteiger partial charge in [-0.2, -0.15) is 4.98 Å². The van der Waals surface area contributed by atoms with Crippen molar-refractivity contribution in [2.75, 3.05) is 18.5 Å². The molecule has 0 radical (unpaired) electrons. The highest BCUT2D eigenvalue weighted by atomic mass is 16.5. The molecule has 100 valence electrons. The summed E-state index contributed by atoms with van der Waals surface area (Å²) in [6, 6.07) is 4.94. The smallest absolute Gasteiger partial charge is 0.228 e. The Morgan fingerprint density at radius 1 is 1.50 bits per heavy atom. The zero-order valence-electron chi connectivity index (χ0n) is 10.5. The molecule has 1 amide bonds. The number of pyridine rings is 1. The van der Waals surface area contributed by atoms with Crippen molar-refractivity contribution < 1.29 is 19.7 Å². The summed E-state index contributed by atoms with van der Waals surface area (Å²) in [4.78, 5) is 15.5. The minimum Gasteiger partial charge on any atom is -0.475 e. The number of aliphatic hydroxyl groups is 2. The number of rotatable bonds is 6. The van der Waals surface area contributed by atoms with Crippen molar-refractivity contribution in [2.24, 2.45) is 5.92 Å². The fourth-order valence-electron chi connectivity index (χ4n) is 1.07. The van der Waals surface area contributed by atoms with Crippen molar-refractivity contribution in [1.82, 2.24) is 4.98 Å². The van der Waals surface area contributed by atoms with E-state index in [-0.39, 0.29) is 30.9 Å². The summed E-state index contributed by atoms with van der Waals surface area (Å²) in [7, 11) is 0. The van der Waals surface area contributed by atoms with Crippen LogP contribution in [0.3, 0.4) is 0 Å². The molecule has 0 fully saturated rings. The lowest BCUT2D eigenvalue weighted by Gasteiger charge is -2.11. The van der Waals surface area contributed by atoms with Crippen LogP contribution in [0.15, 0.2) is 18.2 Å². The average Bonchev–Trinajstić information content (AvgIpc) is 2.36. The van der Waals surface area contributed by atoms with Gasteiger partial charge in [0, 0.05) is 12.0 Å². The molecule has 1 rings (SSSR count). The molecule has 6 nitrogen and oxygen atoms in total. The van der Waals surface area contributed by atoms with Gasteiger partial charge in [0.05, 0.1) is 6.61 Å². The number of carbonyl (C=O) groups is 1. The molecule has 0 saturated carbocycles. The topological polar surface area (TPSA) is 91.7 Å². The molecule has 0 aliphatic heterocycles. The minimum absolute atomic E-state index is 0.0505. The Bertz CT molecular complexity index is 395. The molecule has 0 aliphatic carbocycles. The molecular formula is C12H18N2O4. The van der Waals surface area contributed by atoms with Gasteiger partial charge >= 0.3 is 0 Å². The van der Waals surface area contributed by atoms with Gasteiger partial charge in [0.2, 0.25) is 11.8 Å². The maximum atomic E-state index is 11.5. The van der Waals surface area contributed by atoms with Gasteiger partial charge in [0.15, 0.2) is 0 Å². The molecule has 0 bridgehead atoms. The molecule has 3 N–H and O–H groups in total. The molecule has 1 heterocycles. The van der Waals surface area contributed by atoms with E-state index in [9.17, 15) is 4.79 Å². The largest absolute Gasteiger partial charge is 0.475 e. The van der Waals surface area contributed by atoms with Crippen LogP contribution in [0.5, 0.6) is 5.88 Å². The number of aliphatic hydroxyl groups excluding tert-OH is 2. The third-order valence-corrected chi connectivity index (χ3v) is 2.13. The summed E-state index contributed by atoms with van der Waals surface area (Å²) in [6.45, 7) is 3.15. The number of carbonyl (C=O) groups excluding carboxylic acids is 1. The summed E-state index contributed by atoms with van der Waals surface area (Å²) in [5, 5.41) is 20.4. The van der Waals surface area contributed by atoms with E-state index < -0.39 is 6.10 Å². The van der Waals surface area contributed by atoms with Crippen LogP contribution < -0.4 is 10.1 Å². The number of ether oxygens (including phenoxy) is 1. The predicted molar refractivity (Wildman–Crippen MR) is 66.3 cm³/mol. The molecule has 0 aromatic carbocycles. The monoisotopic (exact) mass is 254 g/mol. The van der Waals surface area contributed by atoms with Gasteiger partial charge in [0.25, 0.3) is 0 Å². The lowest BCUT2D eigenvalue weighted by atomic mass is 10.2. The van der Waals surface area contributed by atoms with Crippen molar-refractivity contribution in [2.45, 2.75) is 20.0 Å². The Morgan fingerprint density at radius 3 is 2.83 bits per heavy atom. The van der Waals surface area contributed by atoms with E-state index in [4.69, 9.17) is 14.9 Å². The molecule has 18 heavy (non-hydrogen) atoms. The molecule has 6 heteroatoms.